The summed E-state index contributed by atoms with van der Waals surface area (Å²) in [6.45, 7) is -1.64. The average molecular weight is 560 g/mol. The number of carbonyl (C=O) groups excluding carboxylic acids is 1. The number of hydrogen-bond acceptors (Lipinski definition) is 6. The largest absolute Gasteiger partial charge is 0.416 e. The van der Waals surface area contributed by atoms with E-state index in [9.17, 15) is 32.3 Å². The second kappa shape index (κ2) is 9.95. The van der Waals surface area contributed by atoms with Gasteiger partial charge in [0.2, 0.25) is 5.82 Å². The molecule has 0 aliphatic rings. The minimum atomic E-state index is -5.00. The van der Waals surface area contributed by atoms with Crippen molar-refractivity contribution in [2.75, 3.05) is 0 Å². The first-order chi connectivity index (χ1) is 17.3. The molecular formula is C21H15Cl2F4N7O3. The highest BCUT2D eigenvalue weighted by Crippen LogP contribution is 2.25. The number of primary amides is 1. The Balaban J connectivity index is 1.78. The van der Waals surface area contributed by atoms with Crippen LogP contribution in [0.25, 0.3) is 17.1 Å². The van der Waals surface area contributed by atoms with Crippen LogP contribution in [0.4, 0.5) is 17.6 Å². The van der Waals surface area contributed by atoms with E-state index in [0.717, 1.165) is 21.5 Å². The lowest BCUT2D eigenvalue weighted by Crippen LogP contribution is -2.37. The summed E-state index contributed by atoms with van der Waals surface area (Å²) in [4.78, 5) is 28.9. The number of aromatic nitrogens is 6. The van der Waals surface area contributed by atoms with Crippen LogP contribution >= 0.6 is 23.2 Å². The summed E-state index contributed by atoms with van der Waals surface area (Å²) in [5.74, 6) is -2.45. The summed E-state index contributed by atoms with van der Waals surface area (Å²) >= 11 is 11.9. The fourth-order valence-electron chi connectivity index (χ4n) is 3.33. The first-order valence-electron chi connectivity index (χ1n) is 10.2. The molecule has 4 rings (SSSR count). The van der Waals surface area contributed by atoms with Gasteiger partial charge in [-0.25, -0.2) is 23.5 Å². The van der Waals surface area contributed by atoms with E-state index in [2.05, 4.69) is 15.2 Å². The lowest BCUT2D eigenvalue weighted by atomic mass is 10.2. The van der Waals surface area contributed by atoms with Gasteiger partial charge in [-0.1, -0.05) is 23.2 Å². The zero-order chi connectivity index (χ0) is 27.1. The fraction of sp³-hybridized carbons (Fsp3) is 0.190. The number of carbonyl (C=O) groups is 1. The minimum Gasteiger partial charge on any atom is -0.382 e. The molecular weight excluding hydrogens is 545 g/mol. The first kappa shape index (κ1) is 26.3. The number of nitrogens with two attached hydrogens (primary N) is 1. The van der Waals surface area contributed by atoms with Crippen molar-refractivity contribution in [3.8, 4) is 17.1 Å². The van der Waals surface area contributed by atoms with E-state index in [1.54, 1.807) is 0 Å². The van der Waals surface area contributed by atoms with Crippen LogP contribution in [0.3, 0.4) is 0 Å². The maximum absolute atomic E-state index is 13.5. The highest BCUT2D eigenvalue weighted by molar-refractivity contribution is 6.32. The van der Waals surface area contributed by atoms with Crippen molar-refractivity contribution in [3.63, 3.8) is 0 Å². The Kier molecular flexibility index (Phi) is 7.08. The van der Waals surface area contributed by atoms with Gasteiger partial charge in [-0.15, -0.1) is 10.2 Å². The maximum Gasteiger partial charge on any atom is 0.416 e. The van der Waals surface area contributed by atoms with Crippen LogP contribution < -0.4 is 11.4 Å². The number of amides is 1. The molecule has 0 aliphatic carbocycles. The Morgan fingerprint density at radius 3 is 2.38 bits per heavy atom. The van der Waals surface area contributed by atoms with E-state index < -0.39 is 48.6 Å². The first-order valence-corrected chi connectivity index (χ1v) is 11.0. The van der Waals surface area contributed by atoms with Crippen molar-refractivity contribution < 1.29 is 27.5 Å². The standard InChI is InChI=1S/C21H15Cl2F4N7O3/c22-11-3-1-10(2-4-11)18-31-33(20(37)32(18)8-15(35)21(25,26)27)9-16-29-19(17(28)36)34(30-16)14-6-5-12(24)7-13(14)23/h1-7,15,35H,8-9H2,(H2,28,36)/t15-/m0/s1. The number of hydrogen-bond donors (Lipinski definition) is 2. The van der Waals surface area contributed by atoms with Gasteiger partial charge in [0.25, 0.3) is 5.91 Å². The average Bonchev–Trinajstić information content (AvgIpc) is 3.36. The van der Waals surface area contributed by atoms with Gasteiger partial charge < -0.3 is 10.8 Å². The summed E-state index contributed by atoms with van der Waals surface area (Å²) in [7, 11) is 0. The molecule has 0 fully saturated rings. The van der Waals surface area contributed by atoms with Gasteiger partial charge in [-0.05, 0) is 42.5 Å². The molecule has 10 nitrogen and oxygen atoms in total. The van der Waals surface area contributed by atoms with Crippen molar-refractivity contribution in [3.05, 3.63) is 80.5 Å². The van der Waals surface area contributed by atoms with E-state index in [4.69, 9.17) is 28.9 Å². The van der Waals surface area contributed by atoms with E-state index in [1.165, 1.54) is 30.3 Å². The highest BCUT2D eigenvalue weighted by Gasteiger charge is 2.39. The molecule has 4 aromatic rings. The number of nitrogens with zero attached hydrogens (tertiary/aromatic N) is 6. The topological polar surface area (TPSA) is 134 Å². The quantitative estimate of drug-likeness (QED) is 0.334. The van der Waals surface area contributed by atoms with Gasteiger partial charge in [-0.3, -0.25) is 9.36 Å². The second-order valence-electron chi connectivity index (χ2n) is 7.66. The molecule has 0 saturated carbocycles. The molecule has 1 atom stereocenters. The van der Waals surface area contributed by atoms with E-state index >= 15 is 0 Å². The number of aliphatic hydroxyl groups excluding tert-OH is 1. The van der Waals surface area contributed by atoms with E-state index in [1.807, 2.05) is 0 Å². The number of alkyl halides is 3. The smallest absolute Gasteiger partial charge is 0.382 e. The summed E-state index contributed by atoms with van der Waals surface area (Å²) in [5, 5.41) is 18.0. The Bertz CT molecular complexity index is 1530. The van der Waals surface area contributed by atoms with Crippen LogP contribution in [0.1, 0.15) is 16.4 Å². The molecule has 0 radical (unpaired) electrons. The molecule has 0 aliphatic heterocycles. The molecule has 0 bridgehead atoms. The third-order valence-electron chi connectivity index (χ3n) is 5.06. The molecule has 0 spiro atoms. The lowest BCUT2D eigenvalue weighted by molar-refractivity contribution is -0.207. The number of rotatable bonds is 7. The molecule has 3 N–H and O–H groups in total. The predicted molar refractivity (Wildman–Crippen MR) is 123 cm³/mol. The van der Waals surface area contributed by atoms with Crippen molar-refractivity contribution in [2.24, 2.45) is 5.73 Å². The zero-order valence-electron chi connectivity index (χ0n) is 18.3. The molecule has 0 saturated heterocycles. The number of halogens is 6. The fourth-order valence-corrected chi connectivity index (χ4v) is 3.71. The van der Waals surface area contributed by atoms with Gasteiger partial charge >= 0.3 is 11.9 Å². The van der Waals surface area contributed by atoms with Gasteiger partial charge in [-0.2, -0.15) is 13.2 Å². The predicted octanol–water partition coefficient (Wildman–Crippen LogP) is 2.81. The normalized spacial score (nSPS) is 12.6. The number of aliphatic hydroxyl groups is 1. The van der Waals surface area contributed by atoms with Gasteiger partial charge in [0.05, 0.1) is 17.3 Å². The Labute approximate surface area is 214 Å². The Morgan fingerprint density at radius 2 is 1.78 bits per heavy atom. The SMILES string of the molecule is NC(=O)c1nc(Cn2nc(-c3ccc(Cl)cc3)n(C[C@H](O)C(F)(F)F)c2=O)nn1-c1ccc(F)cc1Cl. The highest BCUT2D eigenvalue weighted by atomic mass is 35.5. The lowest BCUT2D eigenvalue weighted by Gasteiger charge is -2.15. The van der Waals surface area contributed by atoms with E-state index in [-0.39, 0.29) is 27.9 Å². The van der Waals surface area contributed by atoms with Gasteiger partial charge in [0.15, 0.2) is 17.8 Å². The minimum absolute atomic E-state index is 0.0589. The Hall–Kier alpha value is -3.75. The maximum atomic E-state index is 13.5. The molecule has 16 heteroatoms. The van der Waals surface area contributed by atoms with Crippen molar-refractivity contribution in [1.82, 2.24) is 29.1 Å². The third kappa shape index (κ3) is 5.50. The molecule has 1 amide bonds. The van der Waals surface area contributed by atoms with Crippen LogP contribution in [-0.4, -0.2) is 52.4 Å². The molecule has 2 aromatic carbocycles. The van der Waals surface area contributed by atoms with Crippen LogP contribution in [0.5, 0.6) is 0 Å². The van der Waals surface area contributed by atoms with E-state index in [0.29, 0.717) is 9.59 Å². The summed E-state index contributed by atoms with van der Waals surface area (Å²) in [6, 6.07) is 9.00. The molecule has 2 heterocycles. The molecule has 194 valence electrons. The summed E-state index contributed by atoms with van der Waals surface area (Å²) < 4.78 is 54.9. The van der Waals surface area contributed by atoms with Crippen LogP contribution in [0.15, 0.2) is 47.3 Å². The summed E-state index contributed by atoms with van der Waals surface area (Å²) in [5.41, 5.74) is 4.64. The van der Waals surface area contributed by atoms with Crippen molar-refractivity contribution in [1.29, 1.82) is 0 Å². The molecule has 2 aromatic heterocycles. The summed E-state index contributed by atoms with van der Waals surface area (Å²) in [6.07, 6.45) is -7.85. The number of benzene rings is 2. The second-order valence-corrected chi connectivity index (χ2v) is 8.51. The molecule has 37 heavy (non-hydrogen) atoms. The van der Waals surface area contributed by atoms with Gasteiger partial charge in [0, 0.05) is 10.6 Å². The van der Waals surface area contributed by atoms with Crippen LogP contribution in [-0.2, 0) is 13.1 Å². The van der Waals surface area contributed by atoms with Crippen molar-refractivity contribution >= 4 is 29.1 Å². The monoisotopic (exact) mass is 559 g/mol. The molecule has 0 unspecified atom stereocenters. The van der Waals surface area contributed by atoms with Crippen LogP contribution in [0.2, 0.25) is 10.0 Å². The van der Waals surface area contributed by atoms with Crippen molar-refractivity contribution in [2.45, 2.75) is 25.4 Å². The third-order valence-corrected chi connectivity index (χ3v) is 5.61. The Morgan fingerprint density at radius 1 is 1.11 bits per heavy atom. The zero-order valence-corrected chi connectivity index (χ0v) is 19.8. The van der Waals surface area contributed by atoms with Gasteiger partial charge in [0.1, 0.15) is 12.4 Å². The van der Waals surface area contributed by atoms with Crippen LogP contribution in [0, 0.1) is 5.82 Å².